The van der Waals surface area contributed by atoms with E-state index in [0.717, 1.165) is 12.8 Å². The average molecular weight is 249 g/mol. The summed E-state index contributed by atoms with van der Waals surface area (Å²) in [7, 11) is 0. The van der Waals surface area contributed by atoms with Gasteiger partial charge in [0.2, 0.25) is 5.91 Å². The highest BCUT2D eigenvalue weighted by molar-refractivity contribution is 5.79. The molecule has 0 spiro atoms. The van der Waals surface area contributed by atoms with Gasteiger partial charge in [-0.3, -0.25) is 4.79 Å². The summed E-state index contributed by atoms with van der Waals surface area (Å²) in [6.45, 7) is 0.663. The van der Waals surface area contributed by atoms with E-state index < -0.39 is 0 Å². The Morgan fingerprint density at radius 1 is 1.33 bits per heavy atom. The van der Waals surface area contributed by atoms with Crippen molar-refractivity contribution < 1.29 is 13.9 Å². The second kappa shape index (κ2) is 6.19. The van der Waals surface area contributed by atoms with Gasteiger partial charge in [-0.1, -0.05) is 24.3 Å². The highest BCUT2D eigenvalue weighted by Crippen LogP contribution is 2.17. The predicted octanol–water partition coefficient (Wildman–Crippen LogP) is 2.29. The van der Waals surface area contributed by atoms with Crippen molar-refractivity contribution in [3.63, 3.8) is 0 Å². The van der Waals surface area contributed by atoms with Gasteiger partial charge in [0.25, 0.3) is 0 Å². The van der Waals surface area contributed by atoms with Crippen LogP contribution in [-0.2, 0) is 4.79 Å². The molecule has 1 N–H and O–H groups in total. The number of benzene rings is 1. The van der Waals surface area contributed by atoms with Gasteiger partial charge in [-0.25, -0.2) is 4.39 Å². The highest BCUT2D eigenvalue weighted by Gasteiger charge is 2.18. The van der Waals surface area contributed by atoms with Crippen LogP contribution in [0.1, 0.15) is 12.8 Å². The van der Waals surface area contributed by atoms with Gasteiger partial charge in [0.05, 0.1) is 6.54 Å². The number of allylic oxidation sites excluding steroid dienone is 2. The molecule has 18 heavy (non-hydrogen) atoms. The number of hydrogen-bond donors (Lipinski definition) is 1. The van der Waals surface area contributed by atoms with Gasteiger partial charge >= 0.3 is 0 Å². The molecule has 1 aliphatic rings. The molecule has 0 bridgehead atoms. The lowest BCUT2D eigenvalue weighted by atomic mass is 10.1. The standard InChI is InChI=1S/C14H16FNO2/c15-12-7-3-4-8-13(12)18-10-9-16-14(17)11-5-1-2-6-11/h1-4,7-8,11H,5-6,9-10H2,(H,16,17). The number of hydrogen-bond acceptors (Lipinski definition) is 2. The molecular weight excluding hydrogens is 233 g/mol. The molecule has 0 aromatic heterocycles. The Balaban J connectivity index is 1.67. The zero-order valence-corrected chi connectivity index (χ0v) is 10.1. The minimum absolute atomic E-state index is 0.0390. The summed E-state index contributed by atoms with van der Waals surface area (Å²) >= 11 is 0. The van der Waals surface area contributed by atoms with Crippen LogP contribution in [0.25, 0.3) is 0 Å². The fourth-order valence-electron chi connectivity index (χ4n) is 1.87. The van der Waals surface area contributed by atoms with Crippen LogP contribution >= 0.6 is 0 Å². The Kier molecular flexibility index (Phi) is 4.34. The molecule has 0 atom stereocenters. The molecule has 0 fully saturated rings. The Morgan fingerprint density at radius 2 is 2.06 bits per heavy atom. The lowest BCUT2D eigenvalue weighted by Gasteiger charge is -2.11. The lowest BCUT2D eigenvalue weighted by molar-refractivity contribution is -0.124. The molecule has 0 heterocycles. The maximum Gasteiger partial charge on any atom is 0.223 e. The molecule has 1 aliphatic carbocycles. The van der Waals surface area contributed by atoms with Crippen molar-refractivity contribution in [1.29, 1.82) is 0 Å². The van der Waals surface area contributed by atoms with Crippen LogP contribution in [0.15, 0.2) is 36.4 Å². The van der Waals surface area contributed by atoms with Gasteiger partial charge < -0.3 is 10.1 Å². The molecule has 1 amide bonds. The van der Waals surface area contributed by atoms with E-state index in [1.807, 2.05) is 12.2 Å². The number of ether oxygens (including phenoxy) is 1. The third-order valence-electron chi connectivity index (χ3n) is 2.87. The van der Waals surface area contributed by atoms with Gasteiger partial charge in [0.1, 0.15) is 6.61 Å². The molecular formula is C14H16FNO2. The zero-order chi connectivity index (χ0) is 12.8. The number of carbonyl (C=O) groups excluding carboxylic acids is 1. The van der Waals surface area contributed by atoms with Crippen molar-refractivity contribution in [1.82, 2.24) is 5.32 Å². The third-order valence-corrected chi connectivity index (χ3v) is 2.87. The fourth-order valence-corrected chi connectivity index (χ4v) is 1.87. The summed E-state index contributed by atoms with van der Waals surface area (Å²) < 4.78 is 18.4. The summed E-state index contributed by atoms with van der Waals surface area (Å²) in [5.74, 6) is -0.0753. The molecule has 2 rings (SSSR count). The van der Waals surface area contributed by atoms with Crippen molar-refractivity contribution in [3.05, 3.63) is 42.2 Å². The first kappa shape index (κ1) is 12.6. The van der Waals surface area contributed by atoms with Gasteiger partial charge in [-0.15, -0.1) is 0 Å². The van der Waals surface area contributed by atoms with Gasteiger partial charge in [0.15, 0.2) is 11.6 Å². The third kappa shape index (κ3) is 3.32. The maximum absolute atomic E-state index is 13.2. The van der Waals surface area contributed by atoms with E-state index in [2.05, 4.69) is 5.32 Å². The fraction of sp³-hybridized carbons (Fsp3) is 0.357. The van der Waals surface area contributed by atoms with Crippen LogP contribution < -0.4 is 10.1 Å². The van der Waals surface area contributed by atoms with Crippen LogP contribution in [0.2, 0.25) is 0 Å². The summed E-state index contributed by atoms with van der Waals surface area (Å²) in [5.41, 5.74) is 0. The number of rotatable bonds is 5. The predicted molar refractivity (Wildman–Crippen MR) is 66.8 cm³/mol. The first-order chi connectivity index (χ1) is 8.77. The Bertz CT molecular complexity index is 437. The highest BCUT2D eigenvalue weighted by atomic mass is 19.1. The van der Waals surface area contributed by atoms with Crippen LogP contribution in [0.5, 0.6) is 5.75 Å². The number of halogens is 1. The summed E-state index contributed by atoms with van der Waals surface area (Å²) in [5, 5.41) is 2.79. The van der Waals surface area contributed by atoms with E-state index in [1.54, 1.807) is 18.2 Å². The SMILES string of the molecule is O=C(NCCOc1ccccc1F)C1CC=CC1. The van der Waals surface area contributed by atoms with Crippen molar-refractivity contribution in [2.24, 2.45) is 5.92 Å². The molecule has 1 aromatic carbocycles. The topological polar surface area (TPSA) is 38.3 Å². The summed E-state index contributed by atoms with van der Waals surface area (Å²) in [6.07, 6.45) is 5.64. The molecule has 0 aliphatic heterocycles. The number of carbonyl (C=O) groups is 1. The maximum atomic E-state index is 13.2. The van der Waals surface area contributed by atoms with Crippen LogP contribution in [0.4, 0.5) is 4.39 Å². The minimum Gasteiger partial charge on any atom is -0.489 e. The van der Waals surface area contributed by atoms with E-state index in [9.17, 15) is 9.18 Å². The Morgan fingerprint density at radius 3 is 2.78 bits per heavy atom. The van der Waals surface area contributed by atoms with E-state index in [0.29, 0.717) is 6.54 Å². The number of nitrogens with one attached hydrogen (secondary N) is 1. The molecule has 0 saturated carbocycles. The molecule has 96 valence electrons. The Labute approximate surface area is 106 Å². The summed E-state index contributed by atoms with van der Waals surface area (Å²) in [4.78, 5) is 11.6. The molecule has 0 radical (unpaired) electrons. The van der Waals surface area contributed by atoms with Crippen molar-refractivity contribution in [3.8, 4) is 5.75 Å². The number of para-hydroxylation sites is 1. The second-order valence-corrected chi connectivity index (χ2v) is 4.21. The number of amides is 1. The van der Waals surface area contributed by atoms with E-state index in [1.165, 1.54) is 6.07 Å². The summed E-state index contributed by atoms with van der Waals surface area (Å²) in [6, 6.07) is 6.23. The van der Waals surface area contributed by atoms with Crippen molar-refractivity contribution >= 4 is 5.91 Å². The van der Waals surface area contributed by atoms with Gasteiger partial charge in [-0.05, 0) is 25.0 Å². The van der Waals surface area contributed by atoms with E-state index in [4.69, 9.17) is 4.74 Å². The first-order valence-electron chi connectivity index (χ1n) is 6.07. The molecule has 4 heteroatoms. The van der Waals surface area contributed by atoms with Crippen LogP contribution in [0.3, 0.4) is 0 Å². The monoisotopic (exact) mass is 249 g/mol. The minimum atomic E-state index is -0.385. The zero-order valence-electron chi connectivity index (χ0n) is 10.1. The Hall–Kier alpha value is -1.84. The largest absolute Gasteiger partial charge is 0.489 e. The average Bonchev–Trinajstić information content (AvgIpc) is 2.90. The van der Waals surface area contributed by atoms with Crippen LogP contribution in [0, 0.1) is 11.7 Å². The van der Waals surface area contributed by atoms with E-state index >= 15 is 0 Å². The molecule has 0 saturated heterocycles. The molecule has 1 aromatic rings. The van der Waals surface area contributed by atoms with Gasteiger partial charge in [0, 0.05) is 5.92 Å². The molecule has 0 unspecified atom stereocenters. The lowest BCUT2D eigenvalue weighted by Crippen LogP contribution is -2.32. The second-order valence-electron chi connectivity index (χ2n) is 4.21. The normalized spacial score (nSPS) is 14.7. The van der Waals surface area contributed by atoms with E-state index in [-0.39, 0.29) is 30.0 Å². The van der Waals surface area contributed by atoms with Crippen molar-refractivity contribution in [2.75, 3.05) is 13.2 Å². The van der Waals surface area contributed by atoms with Gasteiger partial charge in [-0.2, -0.15) is 0 Å². The first-order valence-corrected chi connectivity index (χ1v) is 6.07. The quantitative estimate of drug-likeness (QED) is 0.642. The smallest absolute Gasteiger partial charge is 0.223 e. The van der Waals surface area contributed by atoms with Crippen molar-refractivity contribution in [2.45, 2.75) is 12.8 Å². The molecule has 3 nitrogen and oxygen atoms in total. The van der Waals surface area contributed by atoms with Crippen LogP contribution in [-0.4, -0.2) is 19.1 Å².